The number of nitrogens with zero attached hydrogens (tertiary/aromatic N) is 1. The predicted molar refractivity (Wildman–Crippen MR) is 83.6 cm³/mol. The van der Waals surface area contributed by atoms with Gasteiger partial charge in [-0.05, 0) is 25.3 Å². The van der Waals surface area contributed by atoms with E-state index in [9.17, 15) is 4.79 Å². The maximum absolute atomic E-state index is 12.9. The van der Waals surface area contributed by atoms with E-state index in [-0.39, 0.29) is 11.8 Å². The van der Waals surface area contributed by atoms with Crippen molar-refractivity contribution in [1.82, 2.24) is 5.32 Å². The number of para-hydroxylation sites is 1. The first-order chi connectivity index (χ1) is 10.8. The highest BCUT2D eigenvalue weighted by atomic mass is 16.5. The summed E-state index contributed by atoms with van der Waals surface area (Å²) in [4.78, 5) is 17.6. The van der Waals surface area contributed by atoms with Crippen molar-refractivity contribution in [2.75, 3.05) is 6.61 Å². The molecule has 0 saturated carbocycles. The maximum Gasteiger partial charge on any atom is 0.257 e. The summed E-state index contributed by atoms with van der Waals surface area (Å²) in [5.74, 6) is 1.01. The summed E-state index contributed by atoms with van der Waals surface area (Å²) in [6, 6.07) is 7.97. The van der Waals surface area contributed by atoms with E-state index in [1.807, 2.05) is 30.5 Å². The van der Waals surface area contributed by atoms with E-state index in [4.69, 9.17) is 9.73 Å². The van der Waals surface area contributed by atoms with Crippen molar-refractivity contribution in [3.05, 3.63) is 47.2 Å². The number of fused-ring (bicyclic) bond motifs is 5. The molecule has 2 atom stereocenters. The van der Waals surface area contributed by atoms with E-state index in [1.54, 1.807) is 0 Å². The molecular formula is C18H16N2O2. The zero-order valence-electron chi connectivity index (χ0n) is 12.1. The molecule has 4 aliphatic rings. The first-order valence-electron chi connectivity index (χ1n) is 7.83. The van der Waals surface area contributed by atoms with E-state index >= 15 is 0 Å². The number of rotatable bonds is 0. The molecule has 0 bridgehead atoms. The van der Waals surface area contributed by atoms with Crippen molar-refractivity contribution in [1.29, 1.82) is 0 Å². The third-order valence-electron chi connectivity index (χ3n) is 5.21. The number of hydrogen-bond donors (Lipinski definition) is 1. The minimum atomic E-state index is -0.776. The Morgan fingerprint density at radius 1 is 1.32 bits per heavy atom. The van der Waals surface area contributed by atoms with Crippen LogP contribution in [-0.4, -0.2) is 24.3 Å². The van der Waals surface area contributed by atoms with E-state index < -0.39 is 5.54 Å². The van der Waals surface area contributed by atoms with E-state index in [2.05, 4.69) is 11.4 Å². The van der Waals surface area contributed by atoms with Crippen LogP contribution in [0.5, 0.6) is 5.75 Å². The minimum Gasteiger partial charge on any atom is -0.488 e. The molecule has 1 spiro atoms. The van der Waals surface area contributed by atoms with Crippen LogP contribution in [0.4, 0.5) is 0 Å². The van der Waals surface area contributed by atoms with E-state index in [1.165, 1.54) is 0 Å². The normalized spacial score (nSPS) is 31.4. The monoisotopic (exact) mass is 292 g/mol. The van der Waals surface area contributed by atoms with Gasteiger partial charge < -0.3 is 10.1 Å². The van der Waals surface area contributed by atoms with Crippen molar-refractivity contribution in [3.63, 3.8) is 0 Å². The fourth-order valence-electron chi connectivity index (χ4n) is 4.27. The molecule has 3 heterocycles. The lowest BCUT2D eigenvalue weighted by molar-refractivity contribution is -0.122. The van der Waals surface area contributed by atoms with Crippen molar-refractivity contribution in [3.8, 4) is 5.75 Å². The number of benzene rings is 1. The van der Waals surface area contributed by atoms with Crippen LogP contribution in [0.15, 0.2) is 46.6 Å². The Hall–Kier alpha value is -2.36. The largest absolute Gasteiger partial charge is 0.488 e. The van der Waals surface area contributed by atoms with Crippen LogP contribution in [0.2, 0.25) is 0 Å². The summed E-state index contributed by atoms with van der Waals surface area (Å²) in [5.41, 5.74) is 3.40. The lowest BCUT2D eigenvalue weighted by Gasteiger charge is -2.33. The minimum absolute atomic E-state index is 0.0172. The smallest absolute Gasteiger partial charge is 0.257 e. The predicted octanol–water partition coefficient (Wildman–Crippen LogP) is 2.47. The number of hydrogen-bond acceptors (Lipinski definition) is 3. The Bertz CT molecular complexity index is 790. The highest BCUT2D eigenvalue weighted by Crippen LogP contribution is 2.53. The fraction of sp³-hybridized carbons (Fsp3) is 0.333. The van der Waals surface area contributed by atoms with Gasteiger partial charge in [0.2, 0.25) is 0 Å². The highest BCUT2D eigenvalue weighted by molar-refractivity contribution is 6.15. The Balaban J connectivity index is 1.75. The topological polar surface area (TPSA) is 50.7 Å². The summed E-state index contributed by atoms with van der Waals surface area (Å²) in [7, 11) is 0. The van der Waals surface area contributed by atoms with Crippen LogP contribution in [0.1, 0.15) is 24.8 Å². The van der Waals surface area contributed by atoms with Crippen LogP contribution in [0, 0.1) is 5.92 Å². The molecule has 1 fully saturated rings. The van der Waals surface area contributed by atoms with Gasteiger partial charge in [-0.2, -0.15) is 0 Å². The van der Waals surface area contributed by atoms with Gasteiger partial charge in [0, 0.05) is 34.5 Å². The average molecular weight is 292 g/mol. The third kappa shape index (κ3) is 1.33. The summed E-state index contributed by atoms with van der Waals surface area (Å²) in [5, 5.41) is 3.09. The molecule has 0 aromatic heterocycles. The third-order valence-corrected chi connectivity index (χ3v) is 5.21. The molecule has 1 aromatic rings. The molecule has 1 aliphatic carbocycles. The second-order valence-electron chi connectivity index (χ2n) is 6.31. The van der Waals surface area contributed by atoms with Crippen molar-refractivity contribution < 1.29 is 9.53 Å². The number of aliphatic imine (C=N–C) groups is 1. The summed E-state index contributed by atoms with van der Waals surface area (Å²) >= 11 is 0. The highest BCUT2D eigenvalue weighted by Gasteiger charge is 2.59. The van der Waals surface area contributed by atoms with Crippen LogP contribution in [0.25, 0.3) is 5.57 Å². The van der Waals surface area contributed by atoms with E-state index in [0.29, 0.717) is 6.61 Å². The standard InChI is InChI=1S/C18H16N2O2/c21-17-18(13-6-2-3-7-14(13)20-17)16-11(9-19-18)10-22-15-8-4-1-5-12(15)16/h1,4-5,7-9,13H,2-3,6,10H2,(H,20,21). The maximum atomic E-state index is 12.9. The summed E-state index contributed by atoms with van der Waals surface area (Å²) < 4.78 is 5.82. The quantitative estimate of drug-likeness (QED) is 0.798. The number of amides is 1. The molecule has 1 amide bonds. The van der Waals surface area contributed by atoms with Crippen molar-refractivity contribution in [2.24, 2.45) is 10.9 Å². The number of allylic oxidation sites excluding steroid dienone is 1. The van der Waals surface area contributed by atoms with Crippen LogP contribution < -0.4 is 10.1 Å². The molecule has 22 heavy (non-hydrogen) atoms. The lowest BCUT2D eigenvalue weighted by atomic mass is 9.72. The van der Waals surface area contributed by atoms with Gasteiger partial charge in [0.05, 0.1) is 0 Å². The van der Waals surface area contributed by atoms with Gasteiger partial charge in [0.1, 0.15) is 12.4 Å². The van der Waals surface area contributed by atoms with Crippen LogP contribution >= 0.6 is 0 Å². The van der Waals surface area contributed by atoms with Crippen LogP contribution in [0.3, 0.4) is 0 Å². The Labute approximate surface area is 128 Å². The molecule has 1 N–H and O–H groups in total. The van der Waals surface area contributed by atoms with Gasteiger partial charge in [0.25, 0.3) is 5.91 Å². The van der Waals surface area contributed by atoms with Gasteiger partial charge in [-0.3, -0.25) is 9.79 Å². The number of carbonyl (C=O) groups excluding carboxylic acids is 1. The average Bonchev–Trinajstić information content (AvgIpc) is 3.09. The van der Waals surface area contributed by atoms with Crippen molar-refractivity contribution >= 4 is 17.7 Å². The molecule has 5 rings (SSSR count). The summed E-state index contributed by atoms with van der Waals surface area (Å²) in [6.07, 6.45) is 7.17. The Morgan fingerprint density at radius 2 is 2.23 bits per heavy atom. The lowest BCUT2D eigenvalue weighted by Crippen LogP contribution is -2.41. The molecule has 2 unspecified atom stereocenters. The molecule has 0 radical (unpaired) electrons. The first-order valence-corrected chi connectivity index (χ1v) is 7.83. The first kappa shape index (κ1) is 12.2. The van der Waals surface area contributed by atoms with Crippen LogP contribution in [-0.2, 0) is 4.79 Å². The number of nitrogens with one attached hydrogen (secondary N) is 1. The number of ether oxygens (including phenoxy) is 1. The molecule has 4 nitrogen and oxygen atoms in total. The molecule has 110 valence electrons. The van der Waals surface area contributed by atoms with Gasteiger partial charge in [-0.1, -0.05) is 24.3 Å². The SMILES string of the molecule is O=C1NC2=CCCCC2C12N=CC1=C2c2ccccc2OC1. The zero-order valence-corrected chi connectivity index (χ0v) is 12.1. The Kier molecular flexibility index (Phi) is 2.27. The number of carbonyl (C=O) groups is 1. The second kappa shape index (κ2) is 4.09. The van der Waals surface area contributed by atoms with Gasteiger partial charge in [0.15, 0.2) is 5.54 Å². The molecule has 4 heteroatoms. The van der Waals surface area contributed by atoms with Gasteiger partial charge in [-0.15, -0.1) is 0 Å². The van der Waals surface area contributed by atoms with Gasteiger partial charge in [-0.25, -0.2) is 0 Å². The zero-order chi connectivity index (χ0) is 14.7. The van der Waals surface area contributed by atoms with Crippen molar-refractivity contribution in [2.45, 2.75) is 24.8 Å². The van der Waals surface area contributed by atoms with Gasteiger partial charge >= 0.3 is 0 Å². The second-order valence-corrected chi connectivity index (χ2v) is 6.31. The molecular weight excluding hydrogens is 276 g/mol. The molecule has 1 aromatic carbocycles. The summed E-state index contributed by atoms with van der Waals surface area (Å²) in [6.45, 7) is 0.497. The molecule has 1 saturated heterocycles. The fourth-order valence-corrected chi connectivity index (χ4v) is 4.27. The molecule has 3 aliphatic heterocycles. The van der Waals surface area contributed by atoms with E-state index in [0.717, 1.165) is 47.4 Å². The Morgan fingerprint density at radius 3 is 3.18 bits per heavy atom.